The molecule has 0 radical (unpaired) electrons. The van der Waals surface area contributed by atoms with Crippen LogP contribution in [0.1, 0.15) is 11.1 Å². The second-order valence-electron chi connectivity index (χ2n) is 4.17. The summed E-state index contributed by atoms with van der Waals surface area (Å²) in [6.07, 6.45) is 0. The van der Waals surface area contributed by atoms with Gasteiger partial charge in [0.2, 0.25) is 0 Å². The third-order valence-electron chi connectivity index (χ3n) is 2.75. The zero-order valence-electron chi connectivity index (χ0n) is 10.0. The molecule has 0 saturated carbocycles. The number of nitrogens with one attached hydrogen (secondary N) is 1. The van der Waals surface area contributed by atoms with E-state index in [1.807, 2.05) is 0 Å². The summed E-state index contributed by atoms with van der Waals surface area (Å²) in [4.78, 5) is 0. The summed E-state index contributed by atoms with van der Waals surface area (Å²) in [6.45, 7) is 2.17. The first-order valence-electron chi connectivity index (χ1n) is 5.60. The minimum Gasteiger partial charge on any atom is -0.398 e. The van der Waals surface area contributed by atoms with Gasteiger partial charge in [0.25, 0.3) is 0 Å². The zero-order chi connectivity index (χ0) is 13.1. The Balaban J connectivity index is 2.10. The average Bonchev–Trinajstić information content (AvgIpc) is 2.34. The van der Waals surface area contributed by atoms with Gasteiger partial charge < -0.3 is 11.1 Å². The fraction of sp³-hybridized carbons (Fsp3) is 0.143. The number of halogens is 2. The van der Waals surface area contributed by atoms with E-state index in [2.05, 4.69) is 5.32 Å². The molecule has 18 heavy (non-hydrogen) atoms. The summed E-state index contributed by atoms with van der Waals surface area (Å²) in [5.41, 5.74) is 8.19. The third kappa shape index (κ3) is 2.77. The van der Waals surface area contributed by atoms with Gasteiger partial charge in [-0.15, -0.1) is 0 Å². The van der Waals surface area contributed by atoms with Crippen LogP contribution in [0.2, 0.25) is 0 Å². The van der Waals surface area contributed by atoms with Gasteiger partial charge in [-0.3, -0.25) is 0 Å². The first-order valence-corrected chi connectivity index (χ1v) is 5.60. The fourth-order valence-corrected chi connectivity index (χ4v) is 1.62. The molecule has 0 aliphatic rings. The van der Waals surface area contributed by atoms with Crippen LogP contribution in [0.25, 0.3) is 0 Å². The summed E-state index contributed by atoms with van der Waals surface area (Å²) in [5, 5.41) is 2.94. The van der Waals surface area contributed by atoms with E-state index in [0.29, 0.717) is 23.5 Å². The maximum atomic E-state index is 13.6. The molecule has 3 N–H and O–H groups in total. The maximum absolute atomic E-state index is 13.6. The molecular weight excluding hydrogens is 234 g/mol. The number of hydrogen-bond donors (Lipinski definition) is 2. The lowest BCUT2D eigenvalue weighted by Crippen LogP contribution is -2.03. The molecule has 2 aromatic rings. The van der Waals surface area contributed by atoms with Crippen molar-refractivity contribution in [3.05, 3.63) is 59.2 Å². The van der Waals surface area contributed by atoms with Gasteiger partial charge in [0.15, 0.2) is 0 Å². The van der Waals surface area contributed by atoms with Crippen LogP contribution >= 0.6 is 0 Å². The largest absolute Gasteiger partial charge is 0.398 e. The highest BCUT2D eigenvalue weighted by atomic mass is 19.1. The molecule has 0 aliphatic carbocycles. The third-order valence-corrected chi connectivity index (χ3v) is 2.75. The summed E-state index contributed by atoms with van der Waals surface area (Å²) in [5.74, 6) is -0.631. The van der Waals surface area contributed by atoms with Gasteiger partial charge in [-0.1, -0.05) is 12.1 Å². The van der Waals surface area contributed by atoms with E-state index in [1.165, 1.54) is 18.2 Å². The number of benzene rings is 2. The van der Waals surface area contributed by atoms with Crippen molar-refractivity contribution < 1.29 is 8.78 Å². The Labute approximate surface area is 104 Å². The van der Waals surface area contributed by atoms with Gasteiger partial charge in [-0.05, 0) is 42.3 Å². The molecule has 0 saturated heterocycles. The number of nitrogen functional groups attached to an aromatic ring is 1. The van der Waals surface area contributed by atoms with Crippen molar-refractivity contribution in [2.75, 3.05) is 11.1 Å². The van der Waals surface area contributed by atoms with Gasteiger partial charge in [-0.2, -0.15) is 0 Å². The minimum absolute atomic E-state index is 0.287. The van der Waals surface area contributed by atoms with Gasteiger partial charge in [-0.25, -0.2) is 8.78 Å². The van der Waals surface area contributed by atoms with Gasteiger partial charge >= 0.3 is 0 Å². The van der Waals surface area contributed by atoms with Crippen molar-refractivity contribution in [2.45, 2.75) is 13.5 Å². The summed E-state index contributed by atoms with van der Waals surface area (Å²) >= 11 is 0. The zero-order valence-corrected chi connectivity index (χ0v) is 10.0. The number of hydrogen-bond acceptors (Lipinski definition) is 2. The lowest BCUT2D eigenvalue weighted by Gasteiger charge is -2.10. The molecule has 0 heterocycles. The molecular formula is C14H14F2N2. The van der Waals surface area contributed by atoms with Crippen LogP contribution in [-0.2, 0) is 6.54 Å². The van der Waals surface area contributed by atoms with Gasteiger partial charge in [0.1, 0.15) is 11.6 Å². The second-order valence-corrected chi connectivity index (χ2v) is 4.17. The SMILES string of the molecule is Cc1cc(F)c(NCc2ccc(F)cc2)cc1N. The highest BCUT2D eigenvalue weighted by Gasteiger charge is 2.05. The molecule has 0 amide bonds. The lowest BCUT2D eigenvalue weighted by atomic mass is 10.1. The topological polar surface area (TPSA) is 38.0 Å². The Hall–Kier alpha value is -2.10. The van der Waals surface area contributed by atoms with Gasteiger partial charge in [0, 0.05) is 12.2 Å². The van der Waals surface area contributed by atoms with Gasteiger partial charge in [0.05, 0.1) is 5.69 Å². The molecule has 2 aromatic carbocycles. The molecule has 94 valence electrons. The van der Waals surface area contributed by atoms with Crippen LogP contribution in [0, 0.1) is 18.6 Å². The van der Waals surface area contributed by atoms with Crippen molar-refractivity contribution in [3.8, 4) is 0 Å². The highest BCUT2D eigenvalue weighted by Crippen LogP contribution is 2.22. The number of aryl methyl sites for hydroxylation is 1. The van der Waals surface area contributed by atoms with Crippen LogP contribution in [0.5, 0.6) is 0 Å². The van der Waals surface area contributed by atoms with Crippen molar-refractivity contribution in [1.29, 1.82) is 0 Å². The normalized spacial score (nSPS) is 10.4. The Kier molecular flexibility index (Phi) is 3.46. The molecule has 2 rings (SSSR count). The second kappa shape index (κ2) is 5.04. The Morgan fingerprint density at radius 3 is 2.44 bits per heavy atom. The molecule has 0 bridgehead atoms. The molecule has 2 nitrogen and oxygen atoms in total. The van der Waals surface area contributed by atoms with Crippen LogP contribution in [0.15, 0.2) is 36.4 Å². The van der Waals surface area contributed by atoms with E-state index in [0.717, 1.165) is 5.56 Å². The van der Waals surface area contributed by atoms with E-state index in [4.69, 9.17) is 5.73 Å². The Morgan fingerprint density at radius 2 is 1.78 bits per heavy atom. The Morgan fingerprint density at radius 1 is 1.11 bits per heavy atom. The first kappa shape index (κ1) is 12.4. The van der Waals surface area contributed by atoms with E-state index >= 15 is 0 Å². The molecule has 0 aromatic heterocycles. The predicted molar refractivity (Wildman–Crippen MR) is 69.3 cm³/mol. The maximum Gasteiger partial charge on any atom is 0.146 e. The van der Waals surface area contributed by atoms with Crippen LogP contribution in [0.3, 0.4) is 0 Å². The monoisotopic (exact) mass is 248 g/mol. The summed E-state index contributed by atoms with van der Waals surface area (Å²) in [6, 6.07) is 9.00. The molecule has 4 heteroatoms. The Bertz CT molecular complexity index is 550. The number of rotatable bonds is 3. The first-order chi connectivity index (χ1) is 8.56. The highest BCUT2D eigenvalue weighted by molar-refractivity contribution is 5.59. The molecule has 0 spiro atoms. The summed E-state index contributed by atoms with van der Waals surface area (Å²) in [7, 11) is 0. The van der Waals surface area contributed by atoms with Crippen LogP contribution in [0.4, 0.5) is 20.2 Å². The van der Waals surface area contributed by atoms with Crippen molar-refractivity contribution in [1.82, 2.24) is 0 Å². The molecule has 0 aliphatic heterocycles. The predicted octanol–water partition coefficient (Wildman–Crippen LogP) is 3.47. The molecule has 0 unspecified atom stereocenters. The smallest absolute Gasteiger partial charge is 0.146 e. The fourth-order valence-electron chi connectivity index (χ4n) is 1.62. The average molecular weight is 248 g/mol. The lowest BCUT2D eigenvalue weighted by molar-refractivity contribution is 0.626. The van der Waals surface area contributed by atoms with E-state index in [1.54, 1.807) is 25.1 Å². The van der Waals surface area contributed by atoms with Crippen LogP contribution < -0.4 is 11.1 Å². The van der Waals surface area contributed by atoms with E-state index in [-0.39, 0.29) is 11.6 Å². The van der Waals surface area contributed by atoms with Crippen molar-refractivity contribution in [3.63, 3.8) is 0 Å². The van der Waals surface area contributed by atoms with E-state index in [9.17, 15) is 8.78 Å². The standard InChI is InChI=1S/C14H14F2N2/c1-9-6-12(16)14(7-13(9)17)18-8-10-2-4-11(15)5-3-10/h2-7,18H,8,17H2,1H3. The number of nitrogens with two attached hydrogens (primary N) is 1. The van der Waals surface area contributed by atoms with Crippen molar-refractivity contribution >= 4 is 11.4 Å². The molecule has 0 atom stereocenters. The van der Waals surface area contributed by atoms with Crippen molar-refractivity contribution in [2.24, 2.45) is 0 Å². The summed E-state index contributed by atoms with van der Waals surface area (Å²) < 4.78 is 26.3. The minimum atomic E-state index is -0.344. The van der Waals surface area contributed by atoms with E-state index < -0.39 is 0 Å². The van der Waals surface area contributed by atoms with Crippen LogP contribution in [-0.4, -0.2) is 0 Å². The quantitative estimate of drug-likeness (QED) is 0.816. The molecule has 0 fully saturated rings. The number of anilines is 2.